The molecule has 17 heavy (non-hydrogen) atoms. The summed E-state index contributed by atoms with van der Waals surface area (Å²) in [7, 11) is 0. The van der Waals surface area contributed by atoms with E-state index in [0.717, 1.165) is 16.1 Å². The summed E-state index contributed by atoms with van der Waals surface area (Å²) in [5.74, 6) is -0.793. The number of hydrogen-bond donors (Lipinski definition) is 1. The van der Waals surface area contributed by atoms with Gasteiger partial charge in [0, 0.05) is 5.25 Å². The molecule has 0 amide bonds. The Morgan fingerprint density at radius 1 is 1.41 bits per heavy atom. The molecular formula is C12H12N2O2S. The van der Waals surface area contributed by atoms with E-state index in [-0.39, 0.29) is 11.7 Å². The lowest BCUT2D eigenvalue weighted by Gasteiger charge is -2.07. The van der Waals surface area contributed by atoms with Gasteiger partial charge < -0.3 is 5.11 Å². The minimum atomic E-state index is -0.793. The molecule has 1 unspecified atom stereocenters. The van der Waals surface area contributed by atoms with Crippen LogP contribution in [0.3, 0.4) is 0 Å². The number of para-hydroxylation sites is 2. The first kappa shape index (κ1) is 11.9. The Bertz CT molecular complexity index is 545. The maximum atomic E-state index is 10.6. The van der Waals surface area contributed by atoms with Gasteiger partial charge in [0.15, 0.2) is 0 Å². The van der Waals surface area contributed by atoms with Gasteiger partial charge in [-0.1, -0.05) is 19.1 Å². The number of carbonyl (C=O) groups is 1. The molecule has 2 rings (SSSR count). The summed E-state index contributed by atoms with van der Waals surface area (Å²) in [5, 5.41) is 9.43. The molecule has 0 spiro atoms. The van der Waals surface area contributed by atoms with Crippen LogP contribution in [0.1, 0.15) is 13.3 Å². The second kappa shape index (κ2) is 5.14. The lowest BCUT2D eigenvalue weighted by Crippen LogP contribution is -2.05. The molecule has 0 aliphatic heterocycles. The van der Waals surface area contributed by atoms with Crippen LogP contribution in [-0.2, 0) is 4.79 Å². The van der Waals surface area contributed by atoms with Gasteiger partial charge >= 0.3 is 5.97 Å². The molecule has 0 saturated carbocycles. The van der Waals surface area contributed by atoms with E-state index in [4.69, 9.17) is 5.11 Å². The normalized spacial score (nSPS) is 12.5. The SMILES string of the molecule is CC(CC(=O)O)Sc1cnc2ccccc2n1. The second-order valence-electron chi connectivity index (χ2n) is 3.72. The molecule has 0 fully saturated rings. The van der Waals surface area contributed by atoms with Gasteiger partial charge in [0.25, 0.3) is 0 Å². The van der Waals surface area contributed by atoms with Gasteiger partial charge in [-0.15, -0.1) is 11.8 Å². The molecule has 1 aromatic heterocycles. The van der Waals surface area contributed by atoms with Crippen molar-refractivity contribution < 1.29 is 9.90 Å². The Kier molecular flexibility index (Phi) is 3.58. The Hall–Kier alpha value is -1.62. The Balaban J connectivity index is 2.16. The average molecular weight is 248 g/mol. The number of rotatable bonds is 4. The molecule has 0 aliphatic rings. The molecule has 4 nitrogen and oxygen atoms in total. The van der Waals surface area contributed by atoms with E-state index in [9.17, 15) is 4.79 Å². The zero-order valence-electron chi connectivity index (χ0n) is 9.33. The van der Waals surface area contributed by atoms with E-state index >= 15 is 0 Å². The fraction of sp³-hybridized carbons (Fsp3) is 0.250. The number of carboxylic acids is 1. The van der Waals surface area contributed by atoms with Crippen LogP contribution >= 0.6 is 11.8 Å². The quantitative estimate of drug-likeness (QED) is 0.842. The Morgan fingerprint density at radius 3 is 2.82 bits per heavy atom. The number of aliphatic carboxylic acids is 1. The lowest BCUT2D eigenvalue weighted by atomic mass is 10.3. The highest BCUT2D eigenvalue weighted by molar-refractivity contribution is 7.99. The van der Waals surface area contributed by atoms with Crippen LogP contribution in [0.15, 0.2) is 35.5 Å². The van der Waals surface area contributed by atoms with E-state index in [1.165, 1.54) is 11.8 Å². The maximum Gasteiger partial charge on any atom is 0.304 e. The van der Waals surface area contributed by atoms with Crippen molar-refractivity contribution in [3.05, 3.63) is 30.5 Å². The van der Waals surface area contributed by atoms with Crippen LogP contribution in [0, 0.1) is 0 Å². The zero-order chi connectivity index (χ0) is 12.3. The smallest absolute Gasteiger partial charge is 0.304 e. The van der Waals surface area contributed by atoms with E-state index in [1.807, 2.05) is 31.2 Å². The Labute approximate surface area is 103 Å². The standard InChI is InChI=1S/C12H12N2O2S/c1-8(6-12(15)16)17-11-7-13-9-4-2-3-5-10(9)14-11/h2-5,7-8H,6H2,1H3,(H,15,16). The molecule has 1 atom stereocenters. The third-order valence-corrected chi connectivity index (χ3v) is 3.22. The van der Waals surface area contributed by atoms with E-state index in [1.54, 1.807) is 6.20 Å². The molecule has 1 N–H and O–H groups in total. The molecule has 1 aromatic carbocycles. The highest BCUT2D eigenvalue weighted by Gasteiger charge is 2.10. The van der Waals surface area contributed by atoms with E-state index in [2.05, 4.69) is 9.97 Å². The van der Waals surface area contributed by atoms with Gasteiger partial charge in [-0.3, -0.25) is 9.78 Å². The van der Waals surface area contributed by atoms with Crippen LogP contribution in [-0.4, -0.2) is 26.3 Å². The molecule has 1 heterocycles. The first-order valence-electron chi connectivity index (χ1n) is 5.25. The van der Waals surface area contributed by atoms with Gasteiger partial charge in [-0.2, -0.15) is 0 Å². The predicted molar refractivity (Wildman–Crippen MR) is 67.1 cm³/mol. The highest BCUT2D eigenvalue weighted by atomic mass is 32.2. The van der Waals surface area contributed by atoms with Crippen LogP contribution in [0.4, 0.5) is 0 Å². The fourth-order valence-corrected chi connectivity index (χ4v) is 2.39. The topological polar surface area (TPSA) is 63.1 Å². The predicted octanol–water partition coefficient (Wildman–Crippen LogP) is 2.59. The first-order valence-corrected chi connectivity index (χ1v) is 6.13. The van der Waals surface area contributed by atoms with E-state index < -0.39 is 5.97 Å². The average Bonchev–Trinajstić information content (AvgIpc) is 2.27. The molecule has 0 aliphatic carbocycles. The van der Waals surface area contributed by atoms with Crippen molar-refractivity contribution in [1.82, 2.24) is 9.97 Å². The van der Waals surface area contributed by atoms with Crippen molar-refractivity contribution in [2.24, 2.45) is 0 Å². The Morgan fingerprint density at radius 2 is 2.12 bits per heavy atom. The summed E-state index contributed by atoms with van der Waals surface area (Å²) < 4.78 is 0. The summed E-state index contributed by atoms with van der Waals surface area (Å²) in [6, 6.07) is 7.62. The summed E-state index contributed by atoms with van der Waals surface area (Å²) in [6.45, 7) is 1.87. The second-order valence-corrected chi connectivity index (χ2v) is 5.18. The van der Waals surface area contributed by atoms with Crippen molar-refractivity contribution in [2.75, 3.05) is 0 Å². The van der Waals surface area contributed by atoms with Gasteiger partial charge in [0.1, 0.15) is 5.03 Å². The molecule has 88 valence electrons. The van der Waals surface area contributed by atoms with Crippen molar-refractivity contribution >= 4 is 28.8 Å². The van der Waals surface area contributed by atoms with Crippen molar-refractivity contribution in [3.8, 4) is 0 Å². The molecule has 5 heteroatoms. The van der Waals surface area contributed by atoms with E-state index in [0.29, 0.717) is 0 Å². The third kappa shape index (κ3) is 3.17. The van der Waals surface area contributed by atoms with Crippen LogP contribution in [0.2, 0.25) is 0 Å². The van der Waals surface area contributed by atoms with Crippen molar-refractivity contribution in [1.29, 1.82) is 0 Å². The number of fused-ring (bicyclic) bond motifs is 1. The monoisotopic (exact) mass is 248 g/mol. The largest absolute Gasteiger partial charge is 0.481 e. The maximum absolute atomic E-state index is 10.6. The molecule has 0 radical (unpaired) electrons. The number of carboxylic acid groups (broad SMARTS) is 1. The summed E-state index contributed by atoms with van der Waals surface area (Å²) in [5.41, 5.74) is 1.68. The van der Waals surface area contributed by atoms with Gasteiger partial charge in [-0.25, -0.2) is 4.98 Å². The molecule has 0 bridgehead atoms. The first-order chi connectivity index (χ1) is 8.15. The number of aromatic nitrogens is 2. The highest BCUT2D eigenvalue weighted by Crippen LogP contribution is 2.24. The van der Waals surface area contributed by atoms with Crippen molar-refractivity contribution in [3.63, 3.8) is 0 Å². The molecular weight excluding hydrogens is 236 g/mol. The summed E-state index contributed by atoms with van der Waals surface area (Å²) >= 11 is 1.43. The zero-order valence-corrected chi connectivity index (χ0v) is 10.1. The number of benzene rings is 1. The molecule has 2 aromatic rings. The van der Waals surface area contributed by atoms with Gasteiger partial charge in [-0.05, 0) is 12.1 Å². The number of hydrogen-bond acceptors (Lipinski definition) is 4. The fourth-order valence-electron chi connectivity index (χ4n) is 1.49. The van der Waals surface area contributed by atoms with Gasteiger partial charge in [0.2, 0.25) is 0 Å². The number of thioether (sulfide) groups is 1. The minimum Gasteiger partial charge on any atom is -0.481 e. The summed E-state index contributed by atoms with van der Waals surface area (Å²) in [6.07, 6.45) is 1.81. The van der Waals surface area contributed by atoms with Gasteiger partial charge in [0.05, 0.1) is 23.7 Å². The number of nitrogens with zero attached hydrogens (tertiary/aromatic N) is 2. The minimum absolute atomic E-state index is 0.0111. The lowest BCUT2D eigenvalue weighted by molar-refractivity contribution is -0.136. The third-order valence-electron chi connectivity index (χ3n) is 2.21. The summed E-state index contributed by atoms with van der Waals surface area (Å²) in [4.78, 5) is 19.3. The van der Waals surface area contributed by atoms with Crippen molar-refractivity contribution in [2.45, 2.75) is 23.6 Å². The van der Waals surface area contributed by atoms with Crippen LogP contribution < -0.4 is 0 Å². The van der Waals surface area contributed by atoms with Crippen LogP contribution in [0.5, 0.6) is 0 Å². The molecule has 0 saturated heterocycles. The van der Waals surface area contributed by atoms with Crippen LogP contribution in [0.25, 0.3) is 11.0 Å².